The summed E-state index contributed by atoms with van der Waals surface area (Å²) in [5.41, 5.74) is 2.40. The lowest BCUT2D eigenvalue weighted by Gasteiger charge is -2.33. The molecule has 1 saturated heterocycles. The van der Waals surface area contributed by atoms with Crippen molar-refractivity contribution in [3.8, 4) is 0 Å². The molecule has 4 rings (SSSR count). The Kier molecular flexibility index (Phi) is 6.11. The van der Waals surface area contributed by atoms with E-state index in [4.69, 9.17) is 33.3 Å². The fraction of sp³-hybridized carbons (Fsp3) is 0.381. The van der Waals surface area contributed by atoms with Gasteiger partial charge in [0.25, 0.3) is 5.56 Å². The predicted molar refractivity (Wildman–Crippen MR) is 121 cm³/mol. The van der Waals surface area contributed by atoms with Crippen LogP contribution in [0.2, 0.25) is 5.02 Å². The highest BCUT2D eigenvalue weighted by Crippen LogP contribution is 2.27. The van der Waals surface area contributed by atoms with E-state index in [2.05, 4.69) is 5.32 Å². The second-order valence-corrected chi connectivity index (χ2v) is 8.37. The monoisotopic (exact) mass is 463 g/mol. The van der Waals surface area contributed by atoms with Crippen LogP contribution >= 0.6 is 23.2 Å². The van der Waals surface area contributed by atoms with Crippen molar-refractivity contribution in [2.45, 2.75) is 31.3 Å². The summed E-state index contributed by atoms with van der Waals surface area (Å²) in [6.07, 6.45) is 0.522. The summed E-state index contributed by atoms with van der Waals surface area (Å²) in [6, 6.07) is 9.11. The highest BCUT2D eigenvalue weighted by atomic mass is 35.5. The van der Waals surface area contributed by atoms with Gasteiger partial charge >= 0.3 is 6.09 Å². The number of nitrogens with zero attached hydrogens (tertiary/aromatic N) is 4. The Bertz CT molecular complexity index is 1190. The summed E-state index contributed by atoms with van der Waals surface area (Å²) in [6.45, 7) is 1.56. The number of fused-ring (bicyclic) bond motifs is 1. The fourth-order valence-corrected chi connectivity index (χ4v) is 4.55. The van der Waals surface area contributed by atoms with Gasteiger partial charge in [-0.05, 0) is 30.5 Å². The second-order valence-electron chi connectivity index (χ2n) is 7.69. The van der Waals surface area contributed by atoms with Crippen LogP contribution in [0, 0.1) is 0 Å². The van der Waals surface area contributed by atoms with E-state index in [-0.39, 0.29) is 17.5 Å². The van der Waals surface area contributed by atoms with E-state index in [1.165, 1.54) is 4.57 Å². The smallest absolute Gasteiger partial charge is 0.404 e. The molecule has 0 unspecified atom stereocenters. The number of benzene rings is 1. The molecular weight excluding hydrogens is 441 g/mol. The van der Waals surface area contributed by atoms with Crippen molar-refractivity contribution < 1.29 is 9.90 Å². The first kappa shape index (κ1) is 21.5. The van der Waals surface area contributed by atoms with Crippen LogP contribution < -0.4 is 15.8 Å². The maximum Gasteiger partial charge on any atom is 0.404 e. The number of anilines is 1. The standard InChI is InChI=1S/C21H23Cl2N5O3/c1-26-15(10-22)9-17-18(19(26)29)28(11-13-5-2-3-7-16(13)23)20(25-17)27-8-4-6-14(12-27)24-21(30)31/h2-3,5,7,9,14,24H,4,6,8,10-12H2,1H3,(H,30,31)/t14-/m1/s1. The highest BCUT2D eigenvalue weighted by molar-refractivity contribution is 6.31. The van der Waals surface area contributed by atoms with Gasteiger partial charge in [-0.2, -0.15) is 0 Å². The molecule has 1 aliphatic rings. The van der Waals surface area contributed by atoms with Gasteiger partial charge in [0.1, 0.15) is 5.52 Å². The molecule has 2 aromatic heterocycles. The van der Waals surface area contributed by atoms with Gasteiger partial charge < -0.3 is 24.5 Å². The molecule has 164 valence electrons. The zero-order valence-electron chi connectivity index (χ0n) is 17.0. The minimum Gasteiger partial charge on any atom is -0.465 e. The number of amides is 1. The number of hydrogen-bond donors (Lipinski definition) is 2. The van der Waals surface area contributed by atoms with E-state index < -0.39 is 6.09 Å². The number of imidazole rings is 1. The van der Waals surface area contributed by atoms with Crippen molar-refractivity contribution in [2.24, 2.45) is 7.05 Å². The molecule has 31 heavy (non-hydrogen) atoms. The summed E-state index contributed by atoms with van der Waals surface area (Å²) in [7, 11) is 1.69. The quantitative estimate of drug-likeness (QED) is 0.565. The van der Waals surface area contributed by atoms with Crippen molar-refractivity contribution in [1.29, 1.82) is 0 Å². The third kappa shape index (κ3) is 4.22. The van der Waals surface area contributed by atoms with Gasteiger partial charge in [-0.1, -0.05) is 29.8 Å². The van der Waals surface area contributed by atoms with Crippen LogP contribution in [0.5, 0.6) is 0 Å². The maximum absolute atomic E-state index is 13.2. The van der Waals surface area contributed by atoms with E-state index in [1.807, 2.05) is 39.8 Å². The lowest BCUT2D eigenvalue weighted by Crippen LogP contribution is -2.48. The number of alkyl halides is 1. The lowest BCUT2D eigenvalue weighted by atomic mass is 10.1. The molecule has 3 aromatic rings. The number of pyridine rings is 1. The molecule has 8 nitrogen and oxygen atoms in total. The molecule has 1 aromatic carbocycles. The number of aromatic nitrogens is 3. The summed E-state index contributed by atoms with van der Waals surface area (Å²) in [4.78, 5) is 31.2. The van der Waals surface area contributed by atoms with E-state index in [0.29, 0.717) is 47.3 Å². The number of rotatable bonds is 5. The summed E-state index contributed by atoms with van der Waals surface area (Å²) in [5.74, 6) is 0.818. The number of carboxylic acid groups (broad SMARTS) is 1. The van der Waals surface area contributed by atoms with Crippen LogP contribution in [0.15, 0.2) is 35.1 Å². The Morgan fingerprint density at radius 2 is 2.13 bits per heavy atom. The van der Waals surface area contributed by atoms with Gasteiger partial charge in [-0.15, -0.1) is 11.6 Å². The normalized spacial score (nSPS) is 16.6. The zero-order valence-corrected chi connectivity index (χ0v) is 18.5. The molecule has 1 aliphatic heterocycles. The topological polar surface area (TPSA) is 92.4 Å². The molecule has 0 bridgehead atoms. The van der Waals surface area contributed by atoms with Gasteiger partial charge in [-0.25, -0.2) is 9.78 Å². The Balaban J connectivity index is 1.85. The molecule has 0 saturated carbocycles. The average Bonchev–Trinajstić information content (AvgIpc) is 3.10. The average molecular weight is 464 g/mol. The zero-order chi connectivity index (χ0) is 22.1. The van der Waals surface area contributed by atoms with Crippen molar-refractivity contribution in [3.05, 3.63) is 57.0 Å². The SMILES string of the molecule is Cn1c(CCl)cc2nc(N3CCC[C@@H](NC(=O)O)C3)n(Cc3ccccc3Cl)c2c1=O. The highest BCUT2D eigenvalue weighted by Gasteiger charge is 2.27. The third-order valence-electron chi connectivity index (χ3n) is 5.67. The van der Waals surface area contributed by atoms with Crippen molar-refractivity contribution in [3.63, 3.8) is 0 Å². The van der Waals surface area contributed by atoms with Crippen LogP contribution in [0.25, 0.3) is 11.0 Å². The number of piperidine rings is 1. The van der Waals surface area contributed by atoms with Gasteiger partial charge in [0.2, 0.25) is 5.95 Å². The number of halogens is 2. The van der Waals surface area contributed by atoms with E-state index in [0.717, 1.165) is 18.4 Å². The minimum absolute atomic E-state index is 0.184. The van der Waals surface area contributed by atoms with Crippen molar-refractivity contribution >= 4 is 46.3 Å². The number of nitrogens with one attached hydrogen (secondary N) is 1. The number of hydrogen-bond acceptors (Lipinski definition) is 4. The Morgan fingerprint density at radius 3 is 2.84 bits per heavy atom. The summed E-state index contributed by atoms with van der Waals surface area (Å²) < 4.78 is 3.41. The molecule has 0 spiro atoms. The first-order valence-electron chi connectivity index (χ1n) is 10.0. The molecular formula is C21H23Cl2N5O3. The molecule has 1 atom stereocenters. The van der Waals surface area contributed by atoms with Crippen LogP contribution in [0.1, 0.15) is 24.1 Å². The third-order valence-corrected chi connectivity index (χ3v) is 6.31. The second kappa shape index (κ2) is 8.80. The van der Waals surface area contributed by atoms with E-state index in [9.17, 15) is 9.59 Å². The Labute approximate surface area is 189 Å². The van der Waals surface area contributed by atoms with Crippen LogP contribution in [-0.2, 0) is 19.5 Å². The Morgan fingerprint density at radius 1 is 1.35 bits per heavy atom. The van der Waals surface area contributed by atoms with Gasteiger partial charge in [0.05, 0.1) is 17.9 Å². The molecule has 1 amide bonds. The van der Waals surface area contributed by atoms with Gasteiger partial charge in [0.15, 0.2) is 0 Å². The van der Waals surface area contributed by atoms with Gasteiger partial charge in [0, 0.05) is 36.9 Å². The molecule has 0 aliphatic carbocycles. The molecule has 2 N–H and O–H groups in total. The summed E-state index contributed by atoms with van der Waals surface area (Å²) >= 11 is 12.4. The van der Waals surface area contributed by atoms with Gasteiger partial charge in [-0.3, -0.25) is 4.79 Å². The number of carbonyl (C=O) groups is 1. The summed E-state index contributed by atoms with van der Waals surface area (Å²) in [5, 5.41) is 12.3. The predicted octanol–water partition coefficient (Wildman–Crippen LogP) is 3.41. The van der Waals surface area contributed by atoms with Crippen LogP contribution in [0.4, 0.5) is 10.7 Å². The maximum atomic E-state index is 13.2. The largest absolute Gasteiger partial charge is 0.465 e. The van der Waals surface area contributed by atoms with Crippen LogP contribution in [0.3, 0.4) is 0 Å². The molecule has 1 fully saturated rings. The lowest BCUT2D eigenvalue weighted by molar-refractivity contribution is 0.188. The first-order chi connectivity index (χ1) is 14.9. The van der Waals surface area contributed by atoms with E-state index >= 15 is 0 Å². The van der Waals surface area contributed by atoms with Crippen molar-refractivity contribution in [2.75, 3.05) is 18.0 Å². The molecule has 10 heteroatoms. The minimum atomic E-state index is -1.04. The molecule has 0 radical (unpaired) electrons. The van der Waals surface area contributed by atoms with Crippen LogP contribution in [-0.4, -0.2) is 44.4 Å². The fourth-order valence-electron chi connectivity index (χ4n) is 4.10. The van der Waals surface area contributed by atoms with Crippen molar-refractivity contribution in [1.82, 2.24) is 19.4 Å². The molecule has 3 heterocycles. The Hall–Kier alpha value is -2.71. The first-order valence-corrected chi connectivity index (χ1v) is 10.9. The van der Waals surface area contributed by atoms with E-state index in [1.54, 1.807) is 7.05 Å².